The van der Waals surface area contributed by atoms with E-state index in [9.17, 15) is 5.11 Å². The lowest BCUT2D eigenvalue weighted by Gasteiger charge is -2.37. The van der Waals surface area contributed by atoms with E-state index in [-0.39, 0.29) is 17.6 Å². The van der Waals surface area contributed by atoms with Gasteiger partial charge in [-0.3, -0.25) is 0 Å². The molecule has 0 radical (unpaired) electrons. The van der Waals surface area contributed by atoms with Crippen LogP contribution in [0.3, 0.4) is 0 Å². The van der Waals surface area contributed by atoms with Crippen molar-refractivity contribution in [1.82, 2.24) is 4.57 Å². The first kappa shape index (κ1) is 23.8. The number of aromatic nitrogens is 1. The van der Waals surface area contributed by atoms with E-state index in [0.29, 0.717) is 0 Å². The molecule has 1 aliphatic carbocycles. The summed E-state index contributed by atoms with van der Waals surface area (Å²) in [4.78, 5) is 1.43. The van der Waals surface area contributed by atoms with Crippen molar-refractivity contribution in [3.63, 3.8) is 0 Å². The van der Waals surface area contributed by atoms with Gasteiger partial charge in [0.2, 0.25) is 0 Å². The second-order valence-electron chi connectivity index (χ2n) is 10.8. The Balaban J connectivity index is 1.76. The number of nitrogens with zero attached hydrogens (tertiary/aromatic N) is 1. The molecule has 1 aliphatic rings. The van der Waals surface area contributed by atoms with E-state index in [0.717, 1.165) is 25.6 Å². The molecular weight excluding hydrogens is 380 g/mol. The molecule has 3 heteroatoms. The zero-order valence-electron chi connectivity index (χ0n) is 20.2. The van der Waals surface area contributed by atoms with Gasteiger partial charge < -0.3 is 14.6 Å². The monoisotopic (exact) mass is 423 g/mol. The van der Waals surface area contributed by atoms with Crippen LogP contribution in [0, 0.1) is 5.92 Å². The zero-order chi connectivity index (χ0) is 22.5. The number of benzene rings is 1. The van der Waals surface area contributed by atoms with E-state index in [4.69, 9.17) is 0 Å². The van der Waals surface area contributed by atoms with Crippen molar-refractivity contribution < 1.29 is 10.0 Å². The van der Waals surface area contributed by atoms with Crippen molar-refractivity contribution >= 4 is 0 Å². The number of nitrogens with one attached hydrogen (secondary N) is 1. The molecule has 1 saturated carbocycles. The van der Waals surface area contributed by atoms with Crippen molar-refractivity contribution in [2.45, 2.75) is 83.8 Å². The first-order valence-electron chi connectivity index (χ1n) is 12.1. The van der Waals surface area contributed by atoms with Crippen LogP contribution in [0.25, 0.3) is 0 Å². The minimum Gasteiger partial charge on any atom is -0.390 e. The number of aliphatic hydroxyl groups excluding tert-OH is 1. The predicted octanol–water partition coefficient (Wildman–Crippen LogP) is 4.74. The summed E-state index contributed by atoms with van der Waals surface area (Å²) in [6, 6.07) is 13.4. The molecule has 0 spiro atoms. The fourth-order valence-corrected chi connectivity index (χ4v) is 4.86. The van der Waals surface area contributed by atoms with Crippen LogP contribution in [0.5, 0.6) is 0 Å². The van der Waals surface area contributed by atoms with Crippen molar-refractivity contribution in [2.24, 2.45) is 5.92 Å². The third kappa shape index (κ3) is 6.11. The van der Waals surface area contributed by atoms with Crippen LogP contribution < -0.4 is 4.90 Å². The molecule has 3 nitrogen and oxygen atoms in total. The lowest BCUT2D eigenvalue weighted by molar-refractivity contribution is -0.960. The second-order valence-corrected chi connectivity index (χ2v) is 10.8. The topological polar surface area (TPSA) is 29.6 Å². The number of aliphatic hydroxyl groups is 1. The highest BCUT2D eigenvalue weighted by Gasteiger charge is 2.35. The van der Waals surface area contributed by atoms with Crippen molar-refractivity contribution in [1.29, 1.82) is 0 Å². The van der Waals surface area contributed by atoms with Gasteiger partial charge in [-0.1, -0.05) is 70.9 Å². The minimum absolute atomic E-state index is 0.132. The van der Waals surface area contributed by atoms with E-state index in [1.807, 2.05) is 6.08 Å². The Labute approximate surface area is 189 Å². The highest BCUT2D eigenvalue weighted by Crippen LogP contribution is 2.24. The van der Waals surface area contributed by atoms with Crippen LogP contribution in [0.4, 0.5) is 0 Å². The standard InChI is InChI=1S/C28H42N2O/c1-6-28(5,22-31)30(20-23-11-8-7-9-12-23)21-26-13-10-18-29(26)19-24-14-16-25(17-15-24)27(2,3)4/h6,10,13-18,23,31H,1,7-9,11-12,19-22H2,2-5H3/p+1/t28-/m0/s1. The molecule has 0 aliphatic heterocycles. The molecule has 1 heterocycles. The Morgan fingerprint density at radius 2 is 1.74 bits per heavy atom. The average molecular weight is 424 g/mol. The van der Waals surface area contributed by atoms with E-state index >= 15 is 0 Å². The van der Waals surface area contributed by atoms with Gasteiger partial charge in [-0.25, -0.2) is 0 Å². The number of quaternary nitrogens is 1. The summed E-state index contributed by atoms with van der Waals surface area (Å²) in [5.41, 5.74) is 3.89. The molecule has 0 amide bonds. The summed E-state index contributed by atoms with van der Waals surface area (Å²) < 4.78 is 2.37. The third-order valence-corrected chi connectivity index (χ3v) is 7.34. The van der Waals surface area contributed by atoms with Crippen LogP contribution in [-0.2, 0) is 18.5 Å². The summed E-state index contributed by atoms with van der Waals surface area (Å²) >= 11 is 0. The number of rotatable bonds is 9. The van der Waals surface area contributed by atoms with Gasteiger partial charge in [0.15, 0.2) is 0 Å². The first-order valence-corrected chi connectivity index (χ1v) is 12.1. The molecule has 1 fully saturated rings. The van der Waals surface area contributed by atoms with Crippen LogP contribution in [-0.4, -0.2) is 28.4 Å². The maximum atomic E-state index is 10.2. The smallest absolute Gasteiger partial charge is 0.137 e. The first-order chi connectivity index (χ1) is 14.7. The molecular formula is C28H43N2O+. The van der Waals surface area contributed by atoms with Gasteiger partial charge >= 0.3 is 0 Å². The fraction of sp³-hybridized carbons (Fsp3) is 0.571. The Bertz CT molecular complexity index is 823. The van der Waals surface area contributed by atoms with Crippen LogP contribution >= 0.6 is 0 Å². The summed E-state index contributed by atoms with van der Waals surface area (Å²) in [5, 5.41) is 10.2. The second kappa shape index (κ2) is 10.2. The van der Waals surface area contributed by atoms with Gasteiger partial charge in [-0.05, 0) is 54.5 Å². The minimum atomic E-state index is -0.319. The third-order valence-electron chi connectivity index (χ3n) is 7.34. The van der Waals surface area contributed by atoms with Gasteiger partial charge in [-0.15, -0.1) is 0 Å². The van der Waals surface area contributed by atoms with Gasteiger partial charge in [0.1, 0.15) is 18.7 Å². The zero-order valence-corrected chi connectivity index (χ0v) is 20.2. The molecule has 0 saturated heterocycles. The summed E-state index contributed by atoms with van der Waals surface area (Å²) in [6.45, 7) is 16.0. The summed E-state index contributed by atoms with van der Waals surface area (Å²) in [5.74, 6) is 0.753. The predicted molar refractivity (Wildman–Crippen MR) is 130 cm³/mol. The number of hydrogen-bond acceptors (Lipinski definition) is 1. The highest BCUT2D eigenvalue weighted by molar-refractivity contribution is 5.28. The maximum Gasteiger partial charge on any atom is 0.137 e. The molecule has 2 N–H and O–H groups in total. The van der Waals surface area contributed by atoms with Crippen LogP contribution in [0.1, 0.15) is 76.6 Å². The molecule has 170 valence electrons. The summed E-state index contributed by atoms with van der Waals surface area (Å²) in [6.07, 6.45) is 10.9. The van der Waals surface area contributed by atoms with Gasteiger partial charge in [0, 0.05) is 18.7 Å². The van der Waals surface area contributed by atoms with E-state index in [1.54, 1.807) is 0 Å². The molecule has 1 aromatic carbocycles. The van der Waals surface area contributed by atoms with E-state index in [1.165, 1.54) is 53.8 Å². The van der Waals surface area contributed by atoms with Gasteiger partial charge in [0.05, 0.1) is 12.2 Å². The van der Waals surface area contributed by atoms with Crippen molar-refractivity contribution in [3.05, 3.63) is 72.1 Å². The van der Waals surface area contributed by atoms with Crippen molar-refractivity contribution in [3.8, 4) is 0 Å². The fourth-order valence-electron chi connectivity index (χ4n) is 4.86. The molecule has 1 unspecified atom stereocenters. The Kier molecular flexibility index (Phi) is 7.82. The lowest BCUT2D eigenvalue weighted by atomic mass is 9.87. The van der Waals surface area contributed by atoms with Crippen molar-refractivity contribution in [2.75, 3.05) is 13.2 Å². The van der Waals surface area contributed by atoms with E-state index < -0.39 is 0 Å². The average Bonchev–Trinajstić information content (AvgIpc) is 3.19. The lowest BCUT2D eigenvalue weighted by Crippen LogP contribution is -3.19. The number of hydrogen-bond donors (Lipinski definition) is 2. The highest BCUT2D eigenvalue weighted by atomic mass is 16.3. The van der Waals surface area contributed by atoms with Crippen LogP contribution in [0.2, 0.25) is 0 Å². The summed E-state index contributed by atoms with van der Waals surface area (Å²) in [7, 11) is 0. The molecule has 3 rings (SSSR count). The Morgan fingerprint density at radius 1 is 1.06 bits per heavy atom. The molecule has 2 aromatic rings. The SMILES string of the molecule is C=C[C@@](C)(CO)[NH+](Cc1cccn1Cc1ccc(C(C)(C)C)cc1)CC1CCCCC1. The Morgan fingerprint density at radius 3 is 2.32 bits per heavy atom. The maximum absolute atomic E-state index is 10.2. The van der Waals surface area contributed by atoms with E-state index in [2.05, 4.69) is 81.4 Å². The Hall–Kier alpha value is -1.84. The molecule has 31 heavy (non-hydrogen) atoms. The van der Waals surface area contributed by atoms with Crippen LogP contribution in [0.15, 0.2) is 55.3 Å². The molecule has 1 aromatic heterocycles. The van der Waals surface area contributed by atoms with Gasteiger partial charge in [0.25, 0.3) is 0 Å². The molecule has 0 bridgehead atoms. The molecule has 2 atom stereocenters. The van der Waals surface area contributed by atoms with Gasteiger partial charge in [-0.2, -0.15) is 0 Å². The largest absolute Gasteiger partial charge is 0.390 e. The quantitative estimate of drug-likeness (QED) is 0.561. The normalized spacial score (nSPS) is 18.5.